The van der Waals surface area contributed by atoms with Crippen LogP contribution in [-0.4, -0.2) is 28.3 Å². The second-order valence-corrected chi connectivity index (χ2v) is 6.62. The van der Waals surface area contributed by atoms with E-state index in [2.05, 4.69) is 14.9 Å². The molecule has 21 heavy (non-hydrogen) atoms. The van der Waals surface area contributed by atoms with Crippen LogP contribution in [0.4, 0.5) is 0 Å². The second-order valence-electron chi connectivity index (χ2n) is 4.88. The first-order valence-electron chi connectivity index (χ1n) is 6.38. The van der Waals surface area contributed by atoms with Gasteiger partial charge < -0.3 is 9.67 Å². The zero-order valence-corrected chi connectivity index (χ0v) is 13.0. The van der Waals surface area contributed by atoms with Crippen molar-refractivity contribution >= 4 is 10.0 Å². The van der Waals surface area contributed by atoms with Gasteiger partial charge in [-0.2, -0.15) is 0 Å². The summed E-state index contributed by atoms with van der Waals surface area (Å²) in [5, 5.41) is 16.8. The minimum Gasteiger partial charge on any atom is -0.392 e. The Morgan fingerprint density at radius 1 is 1.29 bits per heavy atom. The lowest BCUT2D eigenvalue weighted by Crippen LogP contribution is -2.25. The summed E-state index contributed by atoms with van der Waals surface area (Å²) in [6.07, 6.45) is 1.50. The van der Waals surface area contributed by atoms with Crippen molar-refractivity contribution in [3.8, 4) is 0 Å². The van der Waals surface area contributed by atoms with Gasteiger partial charge in [-0.25, -0.2) is 13.1 Å². The fraction of sp³-hybridized carbons (Fsp3) is 0.385. The maximum Gasteiger partial charge on any atom is 0.241 e. The van der Waals surface area contributed by atoms with Crippen molar-refractivity contribution in [2.24, 2.45) is 7.05 Å². The molecule has 0 unspecified atom stereocenters. The summed E-state index contributed by atoms with van der Waals surface area (Å²) in [6.45, 7) is 3.42. The molecule has 0 spiro atoms. The molecule has 114 valence electrons. The van der Waals surface area contributed by atoms with E-state index in [0.717, 1.165) is 5.56 Å². The summed E-state index contributed by atoms with van der Waals surface area (Å²) in [6, 6.07) is 3.26. The van der Waals surface area contributed by atoms with Gasteiger partial charge in [-0.1, -0.05) is 6.07 Å². The van der Waals surface area contributed by atoms with Crippen LogP contribution < -0.4 is 4.72 Å². The molecule has 0 amide bonds. The first-order chi connectivity index (χ1) is 9.85. The van der Waals surface area contributed by atoms with Crippen LogP contribution in [0.3, 0.4) is 0 Å². The van der Waals surface area contributed by atoms with Crippen LogP contribution in [0, 0.1) is 13.8 Å². The van der Waals surface area contributed by atoms with Crippen molar-refractivity contribution in [1.82, 2.24) is 19.5 Å². The lowest BCUT2D eigenvalue weighted by Gasteiger charge is -2.12. The number of aryl methyl sites for hydroxylation is 3. The minimum atomic E-state index is -3.68. The SMILES string of the molecule is Cc1cc(C)c(S(=O)(=O)NCc2nncn2C)cc1CO. The molecule has 0 aliphatic heterocycles. The quantitative estimate of drug-likeness (QED) is 0.833. The molecule has 0 atom stereocenters. The fourth-order valence-corrected chi connectivity index (χ4v) is 3.29. The van der Waals surface area contributed by atoms with Gasteiger partial charge in [0.1, 0.15) is 12.2 Å². The van der Waals surface area contributed by atoms with E-state index in [4.69, 9.17) is 0 Å². The molecule has 0 saturated carbocycles. The lowest BCUT2D eigenvalue weighted by atomic mass is 10.1. The summed E-state index contributed by atoms with van der Waals surface area (Å²) in [5.74, 6) is 0.519. The van der Waals surface area contributed by atoms with Crippen LogP contribution in [0.15, 0.2) is 23.4 Å². The fourth-order valence-electron chi connectivity index (χ4n) is 2.04. The topological polar surface area (TPSA) is 97.1 Å². The van der Waals surface area contributed by atoms with Gasteiger partial charge in [-0.15, -0.1) is 10.2 Å². The van der Waals surface area contributed by atoms with E-state index in [9.17, 15) is 13.5 Å². The Balaban J connectivity index is 2.29. The third kappa shape index (κ3) is 3.29. The molecule has 0 saturated heterocycles. The van der Waals surface area contributed by atoms with E-state index in [-0.39, 0.29) is 18.0 Å². The number of aromatic nitrogens is 3. The van der Waals surface area contributed by atoms with E-state index < -0.39 is 10.0 Å². The smallest absolute Gasteiger partial charge is 0.241 e. The molecule has 2 rings (SSSR count). The molecule has 7 nitrogen and oxygen atoms in total. The van der Waals surface area contributed by atoms with Crippen molar-refractivity contribution in [3.05, 3.63) is 41.0 Å². The van der Waals surface area contributed by atoms with Crippen molar-refractivity contribution in [2.45, 2.75) is 31.9 Å². The Hall–Kier alpha value is -1.77. The van der Waals surface area contributed by atoms with E-state index >= 15 is 0 Å². The van der Waals surface area contributed by atoms with Crippen molar-refractivity contribution in [3.63, 3.8) is 0 Å². The first kappa shape index (κ1) is 15.6. The number of hydrogen-bond donors (Lipinski definition) is 2. The molecule has 0 aliphatic rings. The zero-order chi connectivity index (χ0) is 15.6. The van der Waals surface area contributed by atoms with Gasteiger partial charge in [0.2, 0.25) is 10.0 Å². The molecule has 1 heterocycles. The van der Waals surface area contributed by atoms with Crippen LogP contribution in [0.5, 0.6) is 0 Å². The van der Waals surface area contributed by atoms with E-state index in [1.54, 1.807) is 24.6 Å². The average molecular weight is 310 g/mol. The average Bonchev–Trinajstić information content (AvgIpc) is 2.82. The Morgan fingerprint density at radius 3 is 2.57 bits per heavy atom. The van der Waals surface area contributed by atoms with Gasteiger partial charge in [0.15, 0.2) is 0 Å². The number of nitrogens with zero attached hydrogens (tertiary/aromatic N) is 3. The molecule has 0 fully saturated rings. The number of aliphatic hydroxyl groups is 1. The van der Waals surface area contributed by atoms with E-state index in [1.165, 1.54) is 12.4 Å². The molecule has 0 aliphatic carbocycles. The Morgan fingerprint density at radius 2 is 2.00 bits per heavy atom. The highest BCUT2D eigenvalue weighted by Crippen LogP contribution is 2.20. The van der Waals surface area contributed by atoms with Gasteiger partial charge in [-0.3, -0.25) is 0 Å². The van der Waals surface area contributed by atoms with Crippen LogP contribution in [0.25, 0.3) is 0 Å². The van der Waals surface area contributed by atoms with E-state index in [0.29, 0.717) is 17.0 Å². The molecule has 0 bridgehead atoms. The Bertz CT molecular complexity index is 753. The van der Waals surface area contributed by atoms with Crippen molar-refractivity contribution in [2.75, 3.05) is 0 Å². The predicted octanol–water partition coefficient (Wildman–Crippen LogP) is 0.403. The van der Waals surface area contributed by atoms with Gasteiger partial charge in [-0.05, 0) is 36.6 Å². The van der Waals surface area contributed by atoms with Crippen LogP contribution in [0.2, 0.25) is 0 Å². The molecule has 0 radical (unpaired) electrons. The normalized spacial score (nSPS) is 11.8. The molecular formula is C13H18N4O3S. The predicted molar refractivity (Wildman–Crippen MR) is 76.9 cm³/mol. The molecule has 8 heteroatoms. The highest BCUT2D eigenvalue weighted by molar-refractivity contribution is 7.89. The Labute approximate surface area is 123 Å². The molecule has 2 N–H and O–H groups in total. The third-order valence-corrected chi connectivity index (χ3v) is 4.86. The number of aliphatic hydroxyl groups excluding tert-OH is 1. The number of hydrogen-bond acceptors (Lipinski definition) is 5. The van der Waals surface area contributed by atoms with E-state index in [1.807, 2.05) is 6.92 Å². The van der Waals surface area contributed by atoms with Crippen LogP contribution in [0.1, 0.15) is 22.5 Å². The molecule has 2 aromatic rings. The van der Waals surface area contributed by atoms with Crippen LogP contribution >= 0.6 is 0 Å². The zero-order valence-electron chi connectivity index (χ0n) is 12.2. The summed E-state index contributed by atoms with van der Waals surface area (Å²) < 4.78 is 28.9. The first-order valence-corrected chi connectivity index (χ1v) is 7.87. The van der Waals surface area contributed by atoms with Gasteiger partial charge in [0.25, 0.3) is 0 Å². The van der Waals surface area contributed by atoms with Crippen molar-refractivity contribution in [1.29, 1.82) is 0 Å². The molecule has 1 aromatic carbocycles. The summed E-state index contributed by atoms with van der Waals surface area (Å²) >= 11 is 0. The lowest BCUT2D eigenvalue weighted by molar-refractivity contribution is 0.280. The number of rotatable bonds is 5. The number of sulfonamides is 1. The summed E-state index contributed by atoms with van der Waals surface area (Å²) in [5.41, 5.74) is 2.09. The number of benzene rings is 1. The third-order valence-electron chi connectivity index (χ3n) is 3.32. The molecule has 1 aromatic heterocycles. The summed E-state index contributed by atoms with van der Waals surface area (Å²) in [4.78, 5) is 0.166. The second kappa shape index (κ2) is 5.92. The van der Waals surface area contributed by atoms with Gasteiger partial charge in [0.05, 0.1) is 18.0 Å². The van der Waals surface area contributed by atoms with Gasteiger partial charge >= 0.3 is 0 Å². The standard InChI is InChI=1S/C13H18N4O3S/c1-9-4-10(2)12(5-11(9)7-18)21(19,20)15-6-13-16-14-8-17(13)3/h4-5,8,15,18H,6-7H2,1-3H3. The monoisotopic (exact) mass is 310 g/mol. The number of nitrogens with one attached hydrogen (secondary N) is 1. The summed E-state index contributed by atoms with van der Waals surface area (Å²) in [7, 11) is -1.93. The maximum absolute atomic E-state index is 12.4. The Kier molecular flexibility index (Phi) is 4.40. The van der Waals surface area contributed by atoms with Gasteiger partial charge in [0, 0.05) is 7.05 Å². The maximum atomic E-state index is 12.4. The largest absolute Gasteiger partial charge is 0.392 e. The molecular weight excluding hydrogens is 292 g/mol. The van der Waals surface area contributed by atoms with Crippen molar-refractivity contribution < 1.29 is 13.5 Å². The highest BCUT2D eigenvalue weighted by Gasteiger charge is 2.19. The highest BCUT2D eigenvalue weighted by atomic mass is 32.2. The minimum absolute atomic E-state index is 0.0562. The van der Waals surface area contributed by atoms with Crippen LogP contribution in [-0.2, 0) is 30.2 Å².